The van der Waals surface area contributed by atoms with Crippen LogP contribution in [0.5, 0.6) is 0 Å². The Labute approximate surface area is 132 Å². The maximum absolute atomic E-state index is 6.10. The minimum absolute atomic E-state index is 0.315. The minimum atomic E-state index is 0.315. The molecule has 0 amide bonds. The van der Waals surface area contributed by atoms with E-state index in [1.165, 1.54) is 20.5 Å². The van der Waals surface area contributed by atoms with Gasteiger partial charge in [-0.25, -0.2) is 0 Å². The molecule has 0 bridgehead atoms. The van der Waals surface area contributed by atoms with E-state index >= 15 is 0 Å². The lowest BCUT2D eigenvalue weighted by Crippen LogP contribution is -2.14. The Morgan fingerprint density at radius 2 is 1.95 bits per heavy atom. The summed E-state index contributed by atoms with van der Waals surface area (Å²) in [6.45, 7) is 11.5. The molecular formula is C18H27NOS. The van der Waals surface area contributed by atoms with Crippen LogP contribution < -0.4 is 5.32 Å². The molecule has 116 valence electrons. The van der Waals surface area contributed by atoms with Crippen LogP contribution in [0.1, 0.15) is 44.6 Å². The maximum atomic E-state index is 6.10. The molecule has 0 saturated carbocycles. The topological polar surface area (TPSA) is 21.3 Å². The van der Waals surface area contributed by atoms with Crippen molar-refractivity contribution in [2.24, 2.45) is 5.92 Å². The van der Waals surface area contributed by atoms with Gasteiger partial charge in [-0.15, -0.1) is 11.3 Å². The molecular weight excluding hydrogens is 278 g/mol. The van der Waals surface area contributed by atoms with Crippen molar-refractivity contribution in [2.45, 2.75) is 53.4 Å². The van der Waals surface area contributed by atoms with Gasteiger partial charge in [0.2, 0.25) is 0 Å². The lowest BCUT2D eigenvalue weighted by molar-refractivity contribution is 0.0401. The Morgan fingerprint density at radius 1 is 1.19 bits per heavy atom. The van der Waals surface area contributed by atoms with E-state index in [1.54, 1.807) is 0 Å². The minimum Gasteiger partial charge on any atom is -0.374 e. The first-order valence-corrected chi connectivity index (χ1v) is 8.75. The highest BCUT2D eigenvalue weighted by Crippen LogP contribution is 2.32. The fourth-order valence-electron chi connectivity index (χ4n) is 2.65. The van der Waals surface area contributed by atoms with E-state index in [-0.39, 0.29) is 0 Å². The van der Waals surface area contributed by atoms with Crippen molar-refractivity contribution >= 4 is 21.4 Å². The Balaban J connectivity index is 2.15. The lowest BCUT2D eigenvalue weighted by Gasteiger charge is -2.15. The van der Waals surface area contributed by atoms with Gasteiger partial charge < -0.3 is 10.1 Å². The van der Waals surface area contributed by atoms with E-state index < -0.39 is 0 Å². The third kappa shape index (κ3) is 4.53. The summed E-state index contributed by atoms with van der Waals surface area (Å²) in [5.74, 6) is 0.681. The highest BCUT2D eigenvalue weighted by Gasteiger charge is 2.13. The fourth-order valence-corrected chi connectivity index (χ4v) is 3.83. The second kappa shape index (κ2) is 7.92. The molecule has 1 aromatic carbocycles. The number of fused-ring (bicyclic) bond motifs is 1. The Hall–Kier alpha value is -0.900. The van der Waals surface area contributed by atoms with Crippen molar-refractivity contribution in [2.75, 3.05) is 6.54 Å². The summed E-state index contributed by atoms with van der Waals surface area (Å²) in [4.78, 5) is 1.41. The molecule has 1 unspecified atom stereocenters. The van der Waals surface area contributed by atoms with Gasteiger partial charge in [0, 0.05) is 21.7 Å². The van der Waals surface area contributed by atoms with Crippen molar-refractivity contribution in [3.63, 3.8) is 0 Å². The molecule has 21 heavy (non-hydrogen) atoms. The van der Waals surface area contributed by atoms with Crippen molar-refractivity contribution in [3.8, 4) is 0 Å². The molecule has 0 radical (unpaired) electrons. The van der Waals surface area contributed by atoms with Crippen LogP contribution in [-0.4, -0.2) is 12.6 Å². The first kappa shape index (κ1) is 16.5. The Bertz CT molecular complexity index is 561. The zero-order chi connectivity index (χ0) is 15.2. The Kier molecular flexibility index (Phi) is 6.22. The van der Waals surface area contributed by atoms with Crippen LogP contribution in [0.15, 0.2) is 24.3 Å². The molecule has 1 N–H and O–H groups in total. The van der Waals surface area contributed by atoms with Crippen LogP contribution in [0.2, 0.25) is 0 Å². The normalized spacial score (nSPS) is 13.2. The molecule has 0 aliphatic rings. The maximum Gasteiger partial charge on any atom is 0.0737 e. The summed E-state index contributed by atoms with van der Waals surface area (Å²) in [5, 5.41) is 4.79. The van der Waals surface area contributed by atoms with Crippen LogP contribution in [-0.2, 0) is 17.9 Å². The number of hydrogen-bond acceptors (Lipinski definition) is 3. The van der Waals surface area contributed by atoms with Crippen LogP contribution in [0.25, 0.3) is 10.1 Å². The summed E-state index contributed by atoms with van der Waals surface area (Å²) >= 11 is 1.89. The van der Waals surface area contributed by atoms with E-state index in [4.69, 9.17) is 4.74 Å². The number of rotatable bonds is 8. The molecule has 0 aliphatic heterocycles. The SMILES string of the molecule is CCNCc1sc2ccccc2c1COC(C)CC(C)C. The highest BCUT2D eigenvalue weighted by molar-refractivity contribution is 7.19. The second-order valence-corrected chi connectivity index (χ2v) is 7.17. The number of thiophene rings is 1. The van der Waals surface area contributed by atoms with Crippen molar-refractivity contribution < 1.29 is 4.74 Å². The lowest BCUT2D eigenvalue weighted by atomic mass is 10.1. The molecule has 1 heterocycles. The number of nitrogens with one attached hydrogen (secondary N) is 1. The van der Waals surface area contributed by atoms with E-state index in [0.29, 0.717) is 12.0 Å². The first-order chi connectivity index (χ1) is 10.1. The molecule has 2 aromatic rings. The van der Waals surface area contributed by atoms with Gasteiger partial charge in [-0.05, 0) is 37.3 Å². The molecule has 1 aromatic heterocycles. The molecule has 2 rings (SSSR count). The Morgan fingerprint density at radius 3 is 2.67 bits per heavy atom. The predicted molar refractivity (Wildman–Crippen MR) is 92.9 cm³/mol. The van der Waals surface area contributed by atoms with Gasteiger partial charge in [-0.1, -0.05) is 39.0 Å². The average molecular weight is 305 g/mol. The van der Waals surface area contributed by atoms with E-state index in [9.17, 15) is 0 Å². The van der Waals surface area contributed by atoms with Gasteiger partial charge in [0.1, 0.15) is 0 Å². The fraction of sp³-hybridized carbons (Fsp3) is 0.556. The third-order valence-electron chi connectivity index (χ3n) is 3.63. The van der Waals surface area contributed by atoms with Gasteiger partial charge >= 0.3 is 0 Å². The number of hydrogen-bond donors (Lipinski definition) is 1. The molecule has 3 heteroatoms. The summed E-state index contributed by atoms with van der Waals surface area (Å²) < 4.78 is 7.47. The van der Waals surface area contributed by atoms with E-state index in [0.717, 1.165) is 26.1 Å². The largest absolute Gasteiger partial charge is 0.374 e. The van der Waals surface area contributed by atoms with E-state index in [1.807, 2.05) is 11.3 Å². The highest BCUT2D eigenvalue weighted by atomic mass is 32.1. The molecule has 1 atom stereocenters. The van der Waals surface area contributed by atoms with Gasteiger partial charge in [0.05, 0.1) is 12.7 Å². The molecule has 0 fully saturated rings. The van der Waals surface area contributed by atoms with Crippen LogP contribution in [0.4, 0.5) is 0 Å². The summed E-state index contributed by atoms with van der Waals surface area (Å²) in [7, 11) is 0. The number of ether oxygens (including phenoxy) is 1. The summed E-state index contributed by atoms with van der Waals surface area (Å²) in [5.41, 5.74) is 1.37. The quantitative estimate of drug-likeness (QED) is 0.744. The molecule has 0 spiro atoms. The van der Waals surface area contributed by atoms with Gasteiger partial charge in [0.15, 0.2) is 0 Å². The average Bonchev–Trinajstić information content (AvgIpc) is 2.79. The van der Waals surface area contributed by atoms with Crippen molar-refractivity contribution in [1.29, 1.82) is 0 Å². The van der Waals surface area contributed by atoms with Gasteiger partial charge in [-0.3, -0.25) is 0 Å². The monoisotopic (exact) mass is 305 g/mol. The predicted octanol–water partition coefficient (Wildman–Crippen LogP) is 4.96. The van der Waals surface area contributed by atoms with Gasteiger partial charge in [0.25, 0.3) is 0 Å². The summed E-state index contributed by atoms with van der Waals surface area (Å²) in [6.07, 6.45) is 1.43. The zero-order valence-electron chi connectivity index (χ0n) is 13.6. The molecule has 0 aliphatic carbocycles. The zero-order valence-corrected chi connectivity index (χ0v) is 14.4. The molecule has 0 saturated heterocycles. The second-order valence-electron chi connectivity index (χ2n) is 6.03. The van der Waals surface area contributed by atoms with Crippen LogP contribution >= 0.6 is 11.3 Å². The number of benzene rings is 1. The van der Waals surface area contributed by atoms with Gasteiger partial charge in [-0.2, -0.15) is 0 Å². The van der Waals surface area contributed by atoms with Crippen molar-refractivity contribution in [1.82, 2.24) is 5.32 Å². The van der Waals surface area contributed by atoms with Crippen LogP contribution in [0, 0.1) is 5.92 Å². The third-order valence-corrected chi connectivity index (χ3v) is 4.85. The molecule has 2 nitrogen and oxygen atoms in total. The van der Waals surface area contributed by atoms with E-state index in [2.05, 4.69) is 57.3 Å². The first-order valence-electron chi connectivity index (χ1n) is 7.93. The smallest absolute Gasteiger partial charge is 0.0737 e. The van der Waals surface area contributed by atoms with Crippen LogP contribution in [0.3, 0.4) is 0 Å². The standard InChI is InChI=1S/C18H27NOS/c1-5-19-11-18-16(12-20-14(4)10-13(2)3)15-8-6-7-9-17(15)21-18/h6-9,13-14,19H,5,10-12H2,1-4H3. The summed E-state index contributed by atoms with van der Waals surface area (Å²) in [6, 6.07) is 8.65. The van der Waals surface area contributed by atoms with Crippen molar-refractivity contribution in [3.05, 3.63) is 34.7 Å².